The van der Waals surface area contributed by atoms with Crippen molar-refractivity contribution in [2.45, 2.75) is 39.5 Å². The molecule has 0 aromatic carbocycles. The largest absolute Gasteiger partial charge is 0.356 e. The number of pyridine rings is 1. The van der Waals surface area contributed by atoms with Crippen molar-refractivity contribution < 1.29 is 0 Å². The molecule has 0 spiro atoms. The van der Waals surface area contributed by atoms with Crippen molar-refractivity contribution in [2.24, 2.45) is 5.92 Å². The van der Waals surface area contributed by atoms with Crippen LogP contribution in [0.1, 0.15) is 38.7 Å². The van der Waals surface area contributed by atoms with Crippen LogP contribution in [0, 0.1) is 5.92 Å². The molecule has 1 unspecified atom stereocenters. The van der Waals surface area contributed by atoms with Crippen LogP contribution in [0.3, 0.4) is 0 Å². The first-order chi connectivity index (χ1) is 7.83. The summed E-state index contributed by atoms with van der Waals surface area (Å²) in [5, 5.41) is 0. The molecule has 0 bridgehead atoms. The van der Waals surface area contributed by atoms with Gasteiger partial charge < -0.3 is 4.90 Å². The molecule has 0 saturated carbocycles. The van der Waals surface area contributed by atoms with Gasteiger partial charge in [-0.3, -0.25) is 0 Å². The molecule has 2 nitrogen and oxygen atoms in total. The van der Waals surface area contributed by atoms with Crippen LogP contribution >= 0.6 is 0 Å². The molecule has 1 aromatic rings. The van der Waals surface area contributed by atoms with Crippen LogP contribution in [0.4, 0.5) is 5.82 Å². The van der Waals surface area contributed by atoms with Gasteiger partial charge in [-0.2, -0.15) is 0 Å². The quantitative estimate of drug-likeness (QED) is 0.771. The highest BCUT2D eigenvalue weighted by Crippen LogP contribution is 2.24. The van der Waals surface area contributed by atoms with Crippen LogP contribution in [0.25, 0.3) is 0 Å². The van der Waals surface area contributed by atoms with Crippen LogP contribution in [-0.2, 0) is 6.42 Å². The third-order valence-electron chi connectivity index (χ3n) is 3.54. The fourth-order valence-corrected chi connectivity index (χ4v) is 2.45. The molecule has 0 aliphatic carbocycles. The molecule has 88 valence electrons. The third kappa shape index (κ3) is 2.55. The van der Waals surface area contributed by atoms with E-state index in [-0.39, 0.29) is 0 Å². The van der Waals surface area contributed by atoms with E-state index in [1.54, 1.807) is 0 Å². The molecular weight excluding hydrogens is 196 g/mol. The highest BCUT2D eigenvalue weighted by molar-refractivity contribution is 5.42. The average molecular weight is 218 g/mol. The molecule has 1 aliphatic heterocycles. The van der Waals surface area contributed by atoms with Gasteiger partial charge in [0.1, 0.15) is 5.82 Å². The van der Waals surface area contributed by atoms with E-state index in [2.05, 4.69) is 35.9 Å². The summed E-state index contributed by atoms with van der Waals surface area (Å²) in [5.74, 6) is 2.05. The first-order valence-electron chi connectivity index (χ1n) is 6.53. The van der Waals surface area contributed by atoms with E-state index in [4.69, 9.17) is 0 Å². The predicted octanol–water partition coefficient (Wildman–Crippen LogP) is 3.27. The van der Waals surface area contributed by atoms with E-state index in [9.17, 15) is 0 Å². The number of nitrogens with zero attached hydrogens (tertiary/aromatic N) is 2. The van der Waals surface area contributed by atoms with Gasteiger partial charge in [0.05, 0.1) is 0 Å². The van der Waals surface area contributed by atoms with Crippen molar-refractivity contribution in [3.05, 3.63) is 23.9 Å². The molecule has 1 saturated heterocycles. The van der Waals surface area contributed by atoms with E-state index in [0.29, 0.717) is 0 Å². The first kappa shape index (κ1) is 11.4. The highest BCUT2D eigenvalue weighted by Gasteiger charge is 2.21. The average Bonchev–Trinajstić information content (AvgIpc) is 2.78. The van der Waals surface area contributed by atoms with Crippen molar-refractivity contribution in [1.29, 1.82) is 0 Å². The molecule has 0 N–H and O–H groups in total. The Hall–Kier alpha value is -1.05. The maximum absolute atomic E-state index is 4.50. The summed E-state index contributed by atoms with van der Waals surface area (Å²) in [6.45, 7) is 6.89. The summed E-state index contributed by atoms with van der Waals surface area (Å²) in [4.78, 5) is 6.94. The van der Waals surface area contributed by atoms with Crippen LogP contribution in [0.15, 0.2) is 18.3 Å². The molecule has 1 aliphatic rings. The summed E-state index contributed by atoms with van der Waals surface area (Å²) in [7, 11) is 0. The van der Waals surface area contributed by atoms with Gasteiger partial charge in [-0.05, 0) is 36.5 Å². The van der Waals surface area contributed by atoms with Gasteiger partial charge in [-0.1, -0.05) is 26.7 Å². The summed E-state index contributed by atoms with van der Waals surface area (Å²) >= 11 is 0. The van der Waals surface area contributed by atoms with Gasteiger partial charge in [0.25, 0.3) is 0 Å². The van der Waals surface area contributed by atoms with Crippen LogP contribution in [0.5, 0.6) is 0 Å². The van der Waals surface area contributed by atoms with Crippen molar-refractivity contribution in [2.75, 3.05) is 18.0 Å². The van der Waals surface area contributed by atoms with Crippen molar-refractivity contribution in [3.8, 4) is 0 Å². The zero-order valence-electron chi connectivity index (χ0n) is 10.4. The molecule has 2 heteroatoms. The molecule has 16 heavy (non-hydrogen) atoms. The lowest BCUT2D eigenvalue weighted by Gasteiger charge is -2.17. The Kier molecular flexibility index (Phi) is 3.81. The van der Waals surface area contributed by atoms with Gasteiger partial charge in [0, 0.05) is 19.3 Å². The lowest BCUT2D eigenvalue weighted by atomic mass is 10.1. The Morgan fingerprint density at radius 1 is 1.44 bits per heavy atom. The standard InChI is InChI=1S/C14H22N2/c1-3-5-13-6-8-15-14(10-13)16-9-7-12(4-2)11-16/h6,8,10,12H,3-5,7,9,11H2,1-2H3. The van der Waals surface area contributed by atoms with Gasteiger partial charge in [0.15, 0.2) is 0 Å². The van der Waals surface area contributed by atoms with E-state index >= 15 is 0 Å². The predicted molar refractivity (Wildman–Crippen MR) is 68.8 cm³/mol. The molecule has 0 radical (unpaired) electrons. The Morgan fingerprint density at radius 3 is 3.00 bits per heavy atom. The molecule has 2 rings (SSSR count). The number of rotatable bonds is 4. The van der Waals surface area contributed by atoms with E-state index in [1.165, 1.54) is 50.2 Å². The summed E-state index contributed by atoms with van der Waals surface area (Å²) in [6.07, 6.45) is 6.96. The van der Waals surface area contributed by atoms with Crippen LogP contribution in [0.2, 0.25) is 0 Å². The smallest absolute Gasteiger partial charge is 0.128 e. The van der Waals surface area contributed by atoms with Crippen molar-refractivity contribution in [1.82, 2.24) is 4.98 Å². The number of hydrogen-bond acceptors (Lipinski definition) is 2. The zero-order chi connectivity index (χ0) is 11.4. The Bertz CT molecular complexity index is 335. The van der Waals surface area contributed by atoms with Gasteiger partial charge in [0.2, 0.25) is 0 Å². The Balaban J connectivity index is 2.06. The molecule has 2 heterocycles. The normalized spacial score (nSPS) is 20.4. The third-order valence-corrected chi connectivity index (χ3v) is 3.54. The van der Waals surface area contributed by atoms with Crippen LogP contribution in [-0.4, -0.2) is 18.1 Å². The molecule has 1 fully saturated rings. The topological polar surface area (TPSA) is 16.1 Å². The number of hydrogen-bond donors (Lipinski definition) is 0. The highest BCUT2D eigenvalue weighted by atomic mass is 15.2. The second-order valence-corrected chi connectivity index (χ2v) is 4.78. The van der Waals surface area contributed by atoms with Gasteiger partial charge in [-0.25, -0.2) is 4.98 Å². The molecular formula is C14H22N2. The van der Waals surface area contributed by atoms with E-state index < -0.39 is 0 Å². The minimum absolute atomic E-state index is 0.872. The lowest BCUT2D eigenvalue weighted by molar-refractivity contribution is 0.568. The summed E-state index contributed by atoms with van der Waals surface area (Å²) < 4.78 is 0. The molecule has 1 atom stereocenters. The summed E-state index contributed by atoms with van der Waals surface area (Å²) in [5.41, 5.74) is 1.42. The van der Waals surface area contributed by atoms with Crippen molar-refractivity contribution >= 4 is 5.82 Å². The fourth-order valence-electron chi connectivity index (χ4n) is 2.45. The second kappa shape index (κ2) is 5.33. The second-order valence-electron chi connectivity index (χ2n) is 4.78. The molecule has 1 aromatic heterocycles. The monoisotopic (exact) mass is 218 g/mol. The summed E-state index contributed by atoms with van der Waals surface area (Å²) in [6, 6.07) is 4.40. The maximum atomic E-state index is 4.50. The van der Waals surface area contributed by atoms with Crippen molar-refractivity contribution in [3.63, 3.8) is 0 Å². The van der Waals surface area contributed by atoms with E-state index in [0.717, 1.165) is 5.92 Å². The van der Waals surface area contributed by atoms with Gasteiger partial charge in [-0.15, -0.1) is 0 Å². The van der Waals surface area contributed by atoms with Gasteiger partial charge >= 0.3 is 0 Å². The first-order valence-corrected chi connectivity index (χ1v) is 6.53. The van der Waals surface area contributed by atoms with Crippen LogP contribution < -0.4 is 4.90 Å². The molecule has 0 amide bonds. The lowest BCUT2D eigenvalue weighted by Crippen LogP contribution is -2.20. The Morgan fingerprint density at radius 2 is 2.31 bits per heavy atom. The minimum atomic E-state index is 0.872. The number of aryl methyl sites for hydroxylation is 1. The minimum Gasteiger partial charge on any atom is -0.356 e. The maximum Gasteiger partial charge on any atom is 0.128 e. The van der Waals surface area contributed by atoms with E-state index in [1.807, 2.05) is 6.20 Å². The number of anilines is 1. The SMILES string of the molecule is CCCc1ccnc(N2CCC(CC)C2)c1. The number of aromatic nitrogens is 1. The zero-order valence-corrected chi connectivity index (χ0v) is 10.4. The fraction of sp³-hybridized carbons (Fsp3) is 0.643. The Labute approximate surface area is 98.7 Å².